The summed E-state index contributed by atoms with van der Waals surface area (Å²) in [5.41, 5.74) is 0. The highest BCUT2D eigenvalue weighted by Gasteiger charge is 2.13. The third-order valence-electron chi connectivity index (χ3n) is 2.99. The Balaban J connectivity index is 2.63. The highest BCUT2D eigenvalue weighted by Crippen LogP contribution is 2.26. The summed E-state index contributed by atoms with van der Waals surface area (Å²) >= 11 is 1.76. The molecule has 0 bridgehead atoms. The second-order valence-electron chi connectivity index (χ2n) is 4.81. The van der Waals surface area contributed by atoms with Crippen LogP contribution in [0.2, 0.25) is 0 Å². The molecule has 0 spiro atoms. The fourth-order valence-corrected chi connectivity index (χ4v) is 3.27. The number of rotatable bonds is 7. The predicted octanol–water partition coefficient (Wildman–Crippen LogP) is 2.96. The molecule has 1 aromatic rings. The lowest BCUT2D eigenvalue weighted by Crippen LogP contribution is -2.34. The number of sulfone groups is 1. The lowest BCUT2D eigenvalue weighted by Gasteiger charge is -2.20. The number of hydrogen-bond donors (Lipinski definition) is 1. The van der Waals surface area contributed by atoms with E-state index in [1.807, 2.05) is 12.1 Å². The van der Waals surface area contributed by atoms with Gasteiger partial charge >= 0.3 is 0 Å². The molecule has 0 aliphatic rings. The van der Waals surface area contributed by atoms with E-state index in [2.05, 4.69) is 26.1 Å². The van der Waals surface area contributed by atoms with Crippen molar-refractivity contribution in [2.45, 2.75) is 48.3 Å². The van der Waals surface area contributed by atoms with E-state index in [4.69, 9.17) is 0 Å². The van der Waals surface area contributed by atoms with Crippen molar-refractivity contribution in [3.63, 3.8) is 0 Å². The van der Waals surface area contributed by atoms with Crippen molar-refractivity contribution in [1.29, 1.82) is 0 Å². The second kappa shape index (κ2) is 7.31. The zero-order valence-electron chi connectivity index (χ0n) is 12.0. The van der Waals surface area contributed by atoms with Crippen LogP contribution in [0.5, 0.6) is 0 Å². The van der Waals surface area contributed by atoms with E-state index in [0.29, 0.717) is 16.2 Å². The average Bonchev–Trinajstić information content (AvgIpc) is 2.35. The van der Waals surface area contributed by atoms with Crippen molar-refractivity contribution in [3.05, 3.63) is 24.3 Å². The van der Waals surface area contributed by atoms with E-state index in [0.717, 1.165) is 17.9 Å². The lowest BCUT2D eigenvalue weighted by molar-refractivity contribution is 0.542. The third-order valence-corrected chi connectivity index (χ3v) is 5.45. The first-order valence-corrected chi connectivity index (χ1v) is 9.32. The van der Waals surface area contributed by atoms with Crippen LogP contribution in [0.1, 0.15) is 27.2 Å². The molecule has 3 nitrogen and oxygen atoms in total. The maximum atomic E-state index is 11.4. The second-order valence-corrected chi connectivity index (χ2v) is 8.28. The Labute approximate surface area is 121 Å². The molecule has 0 fully saturated rings. The van der Waals surface area contributed by atoms with E-state index in [9.17, 15) is 8.42 Å². The van der Waals surface area contributed by atoms with Gasteiger partial charge in [-0.05, 0) is 44.2 Å². The quantitative estimate of drug-likeness (QED) is 0.787. The van der Waals surface area contributed by atoms with E-state index in [-0.39, 0.29) is 0 Å². The molecule has 2 unspecified atom stereocenters. The van der Waals surface area contributed by atoms with Gasteiger partial charge in [-0.2, -0.15) is 0 Å². The standard InChI is InChI=1S/C14H23NO2S2/c1-5-10-15-11(2)12(3)18-13-6-8-14(9-7-13)19(4,16)17/h6-9,11-12,15H,5,10H2,1-4H3. The van der Waals surface area contributed by atoms with Gasteiger partial charge in [-0.3, -0.25) is 0 Å². The minimum absolute atomic E-state index is 0.377. The van der Waals surface area contributed by atoms with Crippen LogP contribution in [-0.4, -0.2) is 32.5 Å². The van der Waals surface area contributed by atoms with Gasteiger partial charge in [0.1, 0.15) is 0 Å². The minimum Gasteiger partial charge on any atom is -0.313 e. The van der Waals surface area contributed by atoms with Crippen molar-refractivity contribution in [2.24, 2.45) is 0 Å². The van der Waals surface area contributed by atoms with Crippen LogP contribution in [0.15, 0.2) is 34.1 Å². The first kappa shape index (κ1) is 16.5. The van der Waals surface area contributed by atoms with Crippen LogP contribution in [0.25, 0.3) is 0 Å². The summed E-state index contributed by atoms with van der Waals surface area (Å²) in [5.74, 6) is 0. The molecule has 0 aliphatic heterocycles. The summed E-state index contributed by atoms with van der Waals surface area (Å²) in [4.78, 5) is 1.48. The molecular formula is C14H23NO2S2. The summed E-state index contributed by atoms with van der Waals surface area (Å²) in [5, 5.41) is 3.91. The van der Waals surface area contributed by atoms with Gasteiger partial charge in [-0.1, -0.05) is 13.8 Å². The first-order valence-electron chi connectivity index (χ1n) is 6.54. The molecule has 0 saturated carbocycles. The Bertz CT molecular complexity index is 483. The smallest absolute Gasteiger partial charge is 0.175 e. The summed E-state index contributed by atoms with van der Waals surface area (Å²) in [6.45, 7) is 7.54. The predicted molar refractivity (Wildman–Crippen MR) is 82.6 cm³/mol. The Morgan fingerprint density at radius 3 is 2.26 bits per heavy atom. The molecule has 0 heterocycles. The topological polar surface area (TPSA) is 46.2 Å². The van der Waals surface area contributed by atoms with Crippen molar-refractivity contribution < 1.29 is 8.42 Å². The van der Waals surface area contributed by atoms with Crippen LogP contribution in [0, 0.1) is 0 Å². The van der Waals surface area contributed by atoms with Gasteiger partial charge < -0.3 is 5.32 Å². The van der Waals surface area contributed by atoms with Crippen LogP contribution in [0.4, 0.5) is 0 Å². The largest absolute Gasteiger partial charge is 0.313 e. The molecule has 0 amide bonds. The zero-order valence-corrected chi connectivity index (χ0v) is 13.6. The fourth-order valence-electron chi connectivity index (χ4n) is 1.62. The monoisotopic (exact) mass is 301 g/mol. The summed E-state index contributed by atoms with van der Waals surface area (Å²) in [7, 11) is -3.10. The molecule has 0 aliphatic carbocycles. The molecule has 1 N–H and O–H groups in total. The number of benzene rings is 1. The highest BCUT2D eigenvalue weighted by molar-refractivity contribution is 8.00. The van der Waals surface area contributed by atoms with Gasteiger partial charge in [-0.15, -0.1) is 11.8 Å². The fraction of sp³-hybridized carbons (Fsp3) is 0.571. The maximum absolute atomic E-state index is 11.4. The van der Waals surface area contributed by atoms with Gasteiger partial charge in [-0.25, -0.2) is 8.42 Å². The normalized spacial score (nSPS) is 15.2. The minimum atomic E-state index is -3.10. The van der Waals surface area contributed by atoms with Gasteiger partial charge in [0.25, 0.3) is 0 Å². The number of thioether (sulfide) groups is 1. The van der Waals surface area contributed by atoms with Crippen LogP contribution >= 0.6 is 11.8 Å². The molecule has 1 aromatic carbocycles. The molecule has 0 saturated heterocycles. The average molecular weight is 301 g/mol. The van der Waals surface area contributed by atoms with Gasteiger partial charge in [0.2, 0.25) is 0 Å². The Hall–Kier alpha value is -0.520. The maximum Gasteiger partial charge on any atom is 0.175 e. The van der Waals surface area contributed by atoms with Gasteiger partial charge in [0, 0.05) is 22.4 Å². The van der Waals surface area contributed by atoms with Crippen molar-refractivity contribution in [1.82, 2.24) is 5.32 Å². The van der Waals surface area contributed by atoms with Gasteiger partial charge in [0.05, 0.1) is 4.90 Å². The molecular weight excluding hydrogens is 278 g/mol. The highest BCUT2D eigenvalue weighted by atomic mass is 32.2. The Kier molecular flexibility index (Phi) is 6.36. The Morgan fingerprint density at radius 2 is 1.79 bits per heavy atom. The summed E-state index contributed by atoms with van der Waals surface area (Å²) in [6, 6.07) is 7.54. The lowest BCUT2D eigenvalue weighted by atomic mass is 10.2. The van der Waals surface area contributed by atoms with E-state index in [1.54, 1.807) is 23.9 Å². The van der Waals surface area contributed by atoms with Crippen molar-refractivity contribution in [3.8, 4) is 0 Å². The molecule has 108 valence electrons. The number of nitrogens with one attached hydrogen (secondary N) is 1. The molecule has 0 radical (unpaired) electrons. The molecule has 1 rings (SSSR count). The van der Waals surface area contributed by atoms with Crippen molar-refractivity contribution >= 4 is 21.6 Å². The van der Waals surface area contributed by atoms with E-state index >= 15 is 0 Å². The van der Waals surface area contributed by atoms with Crippen LogP contribution < -0.4 is 5.32 Å². The Morgan fingerprint density at radius 1 is 1.21 bits per heavy atom. The van der Waals surface area contributed by atoms with E-state index < -0.39 is 9.84 Å². The molecule has 5 heteroatoms. The number of hydrogen-bond acceptors (Lipinski definition) is 4. The van der Waals surface area contributed by atoms with Crippen molar-refractivity contribution in [2.75, 3.05) is 12.8 Å². The summed E-state index contributed by atoms with van der Waals surface area (Å²) in [6.07, 6.45) is 2.36. The molecule has 2 atom stereocenters. The first-order chi connectivity index (χ1) is 8.84. The molecule has 0 aromatic heterocycles. The van der Waals surface area contributed by atoms with Gasteiger partial charge in [0.15, 0.2) is 9.84 Å². The summed E-state index contributed by atoms with van der Waals surface area (Å²) < 4.78 is 22.8. The van der Waals surface area contributed by atoms with Crippen LogP contribution in [-0.2, 0) is 9.84 Å². The third kappa shape index (κ3) is 5.55. The molecule has 19 heavy (non-hydrogen) atoms. The zero-order chi connectivity index (χ0) is 14.5. The van der Waals surface area contributed by atoms with Crippen LogP contribution in [0.3, 0.4) is 0 Å². The SMILES string of the molecule is CCCNC(C)C(C)Sc1ccc(S(C)(=O)=O)cc1. The van der Waals surface area contributed by atoms with E-state index in [1.165, 1.54) is 6.26 Å².